The Morgan fingerprint density at radius 1 is 1.47 bits per heavy atom. The normalized spacial score (nSPS) is 15.5. The fourth-order valence-electron chi connectivity index (χ4n) is 1.80. The minimum absolute atomic E-state index is 0.0755. The standard InChI is InChI=1S/C12H17BrN2O3S/c1-18-11-6-9(13)10(14)7-12(11)19(16,17)15-5-4-8-2-3-8/h6-8,15H,2-5,14H2,1H3. The van der Waals surface area contributed by atoms with Gasteiger partial charge in [-0.05, 0) is 40.4 Å². The van der Waals surface area contributed by atoms with Crippen molar-refractivity contribution in [2.45, 2.75) is 24.2 Å². The van der Waals surface area contributed by atoms with E-state index in [0.717, 1.165) is 6.42 Å². The number of halogens is 1. The van der Waals surface area contributed by atoms with Crippen LogP contribution in [0.4, 0.5) is 5.69 Å². The van der Waals surface area contributed by atoms with E-state index >= 15 is 0 Å². The zero-order chi connectivity index (χ0) is 14.0. The Labute approximate surface area is 121 Å². The number of hydrogen-bond donors (Lipinski definition) is 2. The van der Waals surface area contributed by atoms with Crippen LogP contribution in [0.5, 0.6) is 5.75 Å². The Balaban J connectivity index is 2.19. The quantitative estimate of drug-likeness (QED) is 0.771. The summed E-state index contributed by atoms with van der Waals surface area (Å²) >= 11 is 3.25. The van der Waals surface area contributed by atoms with Crippen LogP contribution in [0.2, 0.25) is 0 Å². The van der Waals surface area contributed by atoms with Crippen molar-refractivity contribution >= 4 is 31.6 Å². The van der Waals surface area contributed by atoms with Crippen molar-refractivity contribution in [2.24, 2.45) is 5.92 Å². The van der Waals surface area contributed by atoms with Gasteiger partial charge in [0.05, 0.1) is 7.11 Å². The lowest BCUT2D eigenvalue weighted by Crippen LogP contribution is -2.25. The molecule has 1 aliphatic carbocycles. The fourth-order valence-corrected chi connectivity index (χ4v) is 3.36. The number of rotatable bonds is 6. The zero-order valence-electron chi connectivity index (χ0n) is 10.6. The van der Waals surface area contributed by atoms with Crippen molar-refractivity contribution in [3.63, 3.8) is 0 Å². The van der Waals surface area contributed by atoms with Gasteiger partial charge in [-0.3, -0.25) is 0 Å². The van der Waals surface area contributed by atoms with Gasteiger partial charge in [0.15, 0.2) is 0 Å². The fraction of sp³-hybridized carbons (Fsp3) is 0.500. The first-order chi connectivity index (χ1) is 8.94. The van der Waals surface area contributed by atoms with Gasteiger partial charge in [0.25, 0.3) is 0 Å². The topological polar surface area (TPSA) is 81.4 Å². The number of sulfonamides is 1. The van der Waals surface area contributed by atoms with Crippen LogP contribution in [0.25, 0.3) is 0 Å². The molecular formula is C12H17BrN2O3S. The van der Waals surface area contributed by atoms with Gasteiger partial charge >= 0.3 is 0 Å². The zero-order valence-corrected chi connectivity index (χ0v) is 13.1. The molecule has 0 aromatic heterocycles. The summed E-state index contributed by atoms with van der Waals surface area (Å²) in [7, 11) is -2.15. The summed E-state index contributed by atoms with van der Waals surface area (Å²) in [5.74, 6) is 0.958. The second-order valence-corrected chi connectivity index (χ2v) is 7.24. The minimum Gasteiger partial charge on any atom is -0.495 e. The van der Waals surface area contributed by atoms with Gasteiger partial charge in [-0.1, -0.05) is 12.8 Å². The molecule has 1 aliphatic rings. The predicted octanol–water partition coefficient (Wildman–Crippen LogP) is 2.12. The second-order valence-electron chi connectivity index (χ2n) is 4.65. The molecule has 0 atom stereocenters. The molecule has 0 amide bonds. The molecule has 5 nitrogen and oxygen atoms in total. The van der Waals surface area contributed by atoms with Gasteiger partial charge in [0.1, 0.15) is 10.6 Å². The third-order valence-electron chi connectivity index (χ3n) is 3.11. The van der Waals surface area contributed by atoms with Crippen LogP contribution in [0, 0.1) is 5.92 Å². The molecule has 1 aromatic carbocycles. The van der Waals surface area contributed by atoms with Crippen LogP contribution in [0.15, 0.2) is 21.5 Å². The van der Waals surface area contributed by atoms with E-state index in [1.165, 1.54) is 26.0 Å². The summed E-state index contributed by atoms with van der Waals surface area (Å²) in [5.41, 5.74) is 6.10. The third kappa shape index (κ3) is 3.61. The number of ether oxygens (including phenoxy) is 1. The summed E-state index contributed by atoms with van der Waals surface area (Å²) in [6.45, 7) is 0.451. The molecule has 2 rings (SSSR count). The Hall–Kier alpha value is -0.790. The largest absolute Gasteiger partial charge is 0.495 e. The number of anilines is 1. The van der Waals surface area contributed by atoms with Gasteiger partial charge in [0, 0.05) is 16.7 Å². The van der Waals surface area contributed by atoms with E-state index in [-0.39, 0.29) is 10.6 Å². The highest BCUT2D eigenvalue weighted by Gasteiger charge is 2.24. The van der Waals surface area contributed by atoms with Crippen LogP contribution >= 0.6 is 15.9 Å². The van der Waals surface area contributed by atoms with Gasteiger partial charge in [-0.25, -0.2) is 13.1 Å². The van der Waals surface area contributed by atoms with E-state index in [2.05, 4.69) is 20.7 Å². The maximum Gasteiger partial charge on any atom is 0.244 e. The van der Waals surface area contributed by atoms with E-state index in [9.17, 15) is 8.42 Å². The molecule has 1 aromatic rings. The molecule has 3 N–H and O–H groups in total. The lowest BCUT2D eigenvalue weighted by Gasteiger charge is -2.12. The summed E-state index contributed by atoms with van der Waals surface area (Å²) in [5, 5.41) is 0. The molecule has 7 heteroatoms. The molecule has 0 aliphatic heterocycles. The van der Waals surface area contributed by atoms with Crippen molar-refractivity contribution < 1.29 is 13.2 Å². The average molecular weight is 349 g/mol. The van der Waals surface area contributed by atoms with Gasteiger partial charge in [0.2, 0.25) is 10.0 Å². The number of nitrogens with two attached hydrogens (primary N) is 1. The predicted molar refractivity (Wildman–Crippen MR) is 77.6 cm³/mol. The van der Waals surface area contributed by atoms with E-state index in [1.807, 2.05) is 0 Å². The van der Waals surface area contributed by atoms with E-state index in [0.29, 0.717) is 22.6 Å². The number of benzene rings is 1. The Morgan fingerprint density at radius 3 is 2.74 bits per heavy atom. The number of methoxy groups -OCH3 is 1. The summed E-state index contributed by atoms with van der Waals surface area (Å²) in [4.78, 5) is 0.0755. The smallest absolute Gasteiger partial charge is 0.244 e. The van der Waals surface area contributed by atoms with E-state index in [1.54, 1.807) is 6.07 Å². The maximum atomic E-state index is 12.2. The summed E-state index contributed by atoms with van der Waals surface area (Å²) in [6.07, 6.45) is 3.29. The molecule has 0 bridgehead atoms. The molecule has 0 saturated heterocycles. The molecular weight excluding hydrogens is 332 g/mol. The first-order valence-corrected chi connectivity index (χ1v) is 8.34. The SMILES string of the molecule is COc1cc(Br)c(N)cc1S(=O)(=O)NCCC1CC1. The number of nitrogen functional groups attached to an aromatic ring is 1. The van der Waals surface area contributed by atoms with Crippen molar-refractivity contribution in [3.8, 4) is 5.75 Å². The first-order valence-electron chi connectivity index (χ1n) is 6.06. The van der Waals surface area contributed by atoms with Crippen molar-refractivity contribution in [3.05, 3.63) is 16.6 Å². The Morgan fingerprint density at radius 2 is 2.16 bits per heavy atom. The molecule has 1 fully saturated rings. The van der Waals surface area contributed by atoms with Crippen LogP contribution in [-0.2, 0) is 10.0 Å². The first kappa shape index (κ1) is 14.6. The molecule has 19 heavy (non-hydrogen) atoms. The van der Waals surface area contributed by atoms with Crippen molar-refractivity contribution in [1.29, 1.82) is 0 Å². The second kappa shape index (κ2) is 5.68. The summed E-state index contributed by atoms with van der Waals surface area (Å²) in [6, 6.07) is 2.97. The van der Waals surface area contributed by atoms with Crippen LogP contribution in [-0.4, -0.2) is 22.1 Å². The van der Waals surface area contributed by atoms with Crippen molar-refractivity contribution in [2.75, 3.05) is 19.4 Å². The monoisotopic (exact) mass is 348 g/mol. The molecule has 0 unspecified atom stereocenters. The van der Waals surface area contributed by atoms with Crippen LogP contribution in [0.1, 0.15) is 19.3 Å². The average Bonchev–Trinajstić information content (AvgIpc) is 3.15. The minimum atomic E-state index is -3.59. The highest BCUT2D eigenvalue weighted by molar-refractivity contribution is 9.10. The van der Waals surface area contributed by atoms with Gasteiger partial charge in [-0.15, -0.1) is 0 Å². The van der Waals surface area contributed by atoms with Gasteiger partial charge < -0.3 is 10.5 Å². The highest BCUT2D eigenvalue weighted by Crippen LogP contribution is 2.33. The molecule has 0 spiro atoms. The molecule has 0 heterocycles. The molecule has 106 valence electrons. The maximum absolute atomic E-state index is 12.2. The molecule has 0 radical (unpaired) electrons. The molecule has 1 saturated carbocycles. The lowest BCUT2D eigenvalue weighted by atomic mass is 10.3. The Bertz CT molecular complexity index is 571. The van der Waals surface area contributed by atoms with E-state index in [4.69, 9.17) is 10.5 Å². The van der Waals surface area contributed by atoms with Crippen LogP contribution < -0.4 is 15.2 Å². The summed E-state index contributed by atoms with van der Waals surface area (Å²) < 4.78 is 32.7. The third-order valence-corrected chi connectivity index (χ3v) is 5.28. The highest BCUT2D eigenvalue weighted by atomic mass is 79.9. The van der Waals surface area contributed by atoms with Crippen molar-refractivity contribution in [1.82, 2.24) is 4.72 Å². The van der Waals surface area contributed by atoms with Gasteiger partial charge in [-0.2, -0.15) is 0 Å². The van der Waals surface area contributed by atoms with Crippen LogP contribution in [0.3, 0.4) is 0 Å². The van der Waals surface area contributed by atoms with E-state index < -0.39 is 10.0 Å². The Kier molecular flexibility index (Phi) is 4.37. The number of nitrogens with one attached hydrogen (secondary N) is 1. The lowest BCUT2D eigenvalue weighted by molar-refractivity contribution is 0.402. The number of hydrogen-bond acceptors (Lipinski definition) is 4.